The number of aromatic nitrogens is 3. The Morgan fingerprint density at radius 3 is 2.63 bits per heavy atom. The van der Waals surface area contributed by atoms with Gasteiger partial charge in [0.15, 0.2) is 5.82 Å². The monoisotopic (exact) mass is 474 g/mol. The maximum Gasteiger partial charge on any atom is 0.156 e. The Hall–Kier alpha value is -4.32. The zero-order valence-corrected chi connectivity index (χ0v) is 20.4. The molecule has 0 fully saturated rings. The maximum atomic E-state index is 14.5. The zero-order valence-electron chi connectivity index (χ0n) is 20.4. The van der Waals surface area contributed by atoms with Crippen LogP contribution in [0.25, 0.3) is 11.0 Å². The number of nitrogens with zero attached hydrogens (tertiary/aromatic N) is 5. The van der Waals surface area contributed by atoms with Gasteiger partial charge in [0.05, 0.1) is 31.6 Å². The molecule has 2 heterocycles. The summed E-state index contributed by atoms with van der Waals surface area (Å²) in [5.41, 5.74) is 4.07. The lowest BCUT2D eigenvalue weighted by Gasteiger charge is -2.23. The molecule has 180 valence electrons. The Kier molecular flexibility index (Phi) is 6.73. The molecule has 0 amide bonds. The minimum absolute atomic E-state index is 0.0323. The van der Waals surface area contributed by atoms with Gasteiger partial charge in [-0.2, -0.15) is 5.26 Å². The zero-order chi connectivity index (χ0) is 25.1. The number of anilines is 3. The molecule has 2 aromatic carbocycles. The van der Waals surface area contributed by atoms with E-state index in [-0.39, 0.29) is 5.56 Å². The molecular formula is C26H27FN6O2. The molecule has 0 saturated carbocycles. The molecule has 35 heavy (non-hydrogen) atoms. The van der Waals surface area contributed by atoms with Crippen molar-refractivity contribution in [3.63, 3.8) is 0 Å². The van der Waals surface area contributed by atoms with Crippen LogP contribution < -0.4 is 19.7 Å². The highest BCUT2D eigenvalue weighted by Gasteiger charge is 2.18. The number of aryl methyl sites for hydroxylation is 2. The van der Waals surface area contributed by atoms with E-state index in [1.807, 2.05) is 60.8 Å². The normalized spacial score (nSPS) is 10.8. The van der Waals surface area contributed by atoms with Crippen molar-refractivity contribution in [1.82, 2.24) is 14.5 Å². The third kappa shape index (κ3) is 4.55. The van der Waals surface area contributed by atoms with Gasteiger partial charge in [-0.1, -0.05) is 6.92 Å². The number of nitrogens with one attached hydrogen (secondary N) is 1. The van der Waals surface area contributed by atoms with Crippen LogP contribution in [0.1, 0.15) is 23.6 Å². The molecule has 0 atom stereocenters. The fourth-order valence-electron chi connectivity index (χ4n) is 4.00. The van der Waals surface area contributed by atoms with Gasteiger partial charge in [0.1, 0.15) is 34.7 Å². The number of fused-ring (bicyclic) bond motifs is 1. The van der Waals surface area contributed by atoms with Crippen molar-refractivity contribution in [2.45, 2.75) is 19.9 Å². The summed E-state index contributed by atoms with van der Waals surface area (Å²) < 4.78 is 27.2. The van der Waals surface area contributed by atoms with Gasteiger partial charge in [-0.3, -0.25) is 0 Å². The first kappa shape index (κ1) is 23.8. The summed E-state index contributed by atoms with van der Waals surface area (Å²) in [4.78, 5) is 11.2. The second kappa shape index (κ2) is 9.89. The van der Waals surface area contributed by atoms with Crippen LogP contribution in [0.5, 0.6) is 11.5 Å². The summed E-state index contributed by atoms with van der Waals surface area (Å²) in [6, 6.07) is 12.5. The van der Waals surface area contributed by atoms with Crippen LogP contribution in [0.15, 0.2) is 42.7 Å². The van der Waals surface area contributed by atoms with Crippen LogP contribution in [0, 0.1) is 17.1 Å². The number of hydrogen-bond acceptors (Lipinski definition) is 7. The van der Waals surface area contributed by atoms with E-state index in [0.717, 1.165) is 22.2 Å². The van der Waals surface area contributed by atoms with E-state index in [0.29, 0.717) is 41.8 Å². The minimum atomic E-state index is -0.557. The number of rotatable bonds is 8. The number of imidazole rings is 1. The number of benzene rings is 2. The van der Waals surface area contributed by atoms with Gasteiger partial charge in [-0.05, 0) is 36.2 Å². The van der Waals surface area contributed by atoms with Gasteiger partial charge < -0.3 is 24.3 Å². The van der Waals surface area contributed by atoms with E-state index < -0.39 is 5.82 Å². The molecule has 2 aromatic heterocycles. The Morgan fingerprint density at radius 1 is 1.14 bits per heavy atom. The van der Waals surface area contributed by atoms with Gasteiger partial charge in [0, 0.05) is 44.0 Å². The molecule has 9 heteroatoms. The van der Waals surface area contributed by atoms with Crippen molar-refractivity contribution in [1.29, 1.82) is 5.26 Å². The molecule has 1 N–H and O–H groups in total. The highest BCUT2D eigenvalue weighted by molar-refractivity contribution is 5.89. The Labute approximate surface area is 203 Å². The number of methoxy groups -OCH3 is 2. The average Bonchev–Trinajstić information content (AvgIpc) is 3.27. The summed E-state index contributed by atoms with van der Waals surface area (Å²) in [5, 5.41) is 12.6. The van der Waals surface area contributed by atoms with E-state index in [9.17, 15) is 9.65 Å². The first-order chi connectivity index (χ1) is 16.9. The number of hydrogen-bond donors (Lipinski definition) is 1. The topological polar surface area (TPSA) is 88.2 Å². The van der Waals surface area contributed by atoms with Crippen LogP contribution >= 0.6 is 0 Å². The SMILES string of the molecule is CCc1cc(C#N)c(F)cc1N(C)c1cc2c(ncn2C)c(NCc2ccc(OC)cc2OC)n1. The molecule has 4 aromatic rings. The van der Waals surface area contributed by atoms with Crippen LogP contribution in [0.3, 0.4) is 0 Å². The predicted molar refractivity (Wildman–Crippen MR) is 134 cm³/mol. The largest absolute Gasteiger partial charge is 0.497 e. The van der Waals surface area contributed by atoms with E-state index in [4.69, 9.17) is 14.5 Å². The fraction of sp³-hybridized carbons (Fsp3) is 0.269. The third-order valence-electron chi connectivity index (χ3n) is 6.01. The lowest BCUT2D eigenvalue weighted by Crippen LogP contribution is -2.15. The average molecular weight is 475 g/mol. The van der Waals surface area contributed by atoms with Gasteiger partial charge in [0.25, 0.3) is 0 Å². The predicted octanol–water partition coefficient (Wildman–Crippen LogP) is 4.94. The summed E-state index contributed by atoms with van der Waals surface area (Å²) in [7, 11) is 6.97. The maximum absolute atomic E-state index is 14.5. The molecule has 0 unspecified atom stereocenters. The van der Waals surface area contributed by atoms with Gasteiger partial charge in [-0.25, -0.2) is 14.4 Å². The highest BCUT2D eigenvalue weighted by Crippen LogP contribution is 2.33. The van der Waals surface area contributed by atoms with Crippen LogP contribution in [-0.2, 0) is 20.0 Å². The molecule has 0 saturated heterocycles. The number of nitriles is 1. The third-order valence-corrected chi connectivity index (χ3v) is 6.01. The molecule has 0 aliphatic heterocycles. The van der Waals surface area contributed by atoms with Crippen molar-refractivity contribution < 1.29 is 13.9 Å². The van der Waals surface area contributed by atoms with Crippen molar-refractivity contribution in [2.75, 3.05) is 31.5 Å². The van der Waals surface area contributed by atoms with Crippen LogP contribution in [0.2, 0.25) is 0 Å². The molecule has 0 aliphatic rings. The lowest BCUT2D eigenvalue weighted by molar-refractivity contribution is 0.391. The number of pyridine rings is 1. The van der Waals surface area contributed by atoms with Crippen molar-refractivity contribution in [3.8, 4) is 17.6 Å². The van der Waals surface area contributed by atoms with E-state index in [2.05, 4.69) is 10.3 Å². The summed E-state index contributed by atoms with van der Waals surface area (Å²) in [5.74, 6) is 2.06. The van der Waals surface area contributed by atoms with Crippen LogP contribution in [0.4, 0.5) is 21.7 Å². The van der Waals surface area contributed by atoms with Gasteiger partial charge in [0.2, 0.25) is 0 Å². The standard InChI is InChI=1S/C26H27FN6O2/c1-6-16-9-18(13-28)20(27)11-21(16)33(3)24-12-22-25(30-15-32(22)2)26(31-24)29-14-17-7-8-19(34-4)10-23(17)35-5/h7-12,15H,6,14H2,1-5H3,(H,29,31). The number of ether oxygens (including phenoxy) is 2. The minimum Gasteiger partial charge on any atom is -0.497 e. The molecular weight excluding hydrogens is 447 g/mol. The van der Waals surface area contributed by atoms with Crippen molar-refractivity contribution in [2.24, 2.45) is 7.05 Å². The Bertz CT molecular complexity index is 1430. The quantitative estimate of drug-likeness (QED) is 0.387. The van der Waals surface area contributed by atoms with Crippen LogP contribution in [-0.4, -0.2) is 35.8 Å². The summed E-state index contributed by atoms with van der Waals surface area (Å²) in [6.45, 7) is 2.42. The van der Waals surface area contributed by atoms with Gasteiger partial charge >= 0.3 is 0 Å². The number of halogens is 1. The van der Waals surface area contributed by atoms with Crippen molar-refractivity contribution in [3.05, 3.63) is 65.2 Å². The molecule has 4 rings (SSSR count). The molecule has 0 spiro atoms. The molecule has 0 aliphatic carbocycles. The van der Waals surface area contributed by atoms with E-state index in [1.165, 1.54) is 6.07 Å². The Morgan fingerprint density at radius 2 is 1.94 bits per heavy atom. The summed E-state index contributed by atoms with van der Waals surface area (Å²) in [6.07, 6.45) is 2.37. The Balaban J connectivity index is 1.74. The summed E-state index contributed by atoms with van der Waals surface area (Å²) >= 11 is 0. The smallest absolute Gasteiger partial charge is 0.156 e. The highest BCUT2D eigenvalue weighted by atomic mass is 19.1. The van der Waals surface area contributed by atoms with Gasteiger partial charge in [-0.15, -0.1) is 0 Å². The lowest BCUT2D eigenvalue weighted by atomic mass is 10.1. The molecule has 8 nitrogen and oxygen atoms in total. The first-order valence-electron chi connectivity index (χ1n) is 11.1. The van der Waals surface area contributed by atoms with E-state index >= 15 is 0 Å². The molecule has 0 radical (unpaired) electrons. The first-order valence-corrected chi connectivity index (χ1v) is 11.1. The fourth-order valence-corrected chi connectivity index (χ4v) is 4.00. The second-order valence-electron chi connectivity index (χ2n) is 8.07. The molecule has 0 bridgehead atoms. The van der Waals surface area contributed by atoms with E-state index in [1.54, 1.807) is 26.6 Å². The van der Waals surface area contributed by atoms with Crippen molar-refractivity contribution >= 4 is 28.4 Å². The second-order valence-corrected chi connectivity index (χ2v) is 8.07.